The molecule has 0 aromatic carbocycles. The number of hydrogen-bond acceptors (Lipinski definition) is 3. The van der Waals surface area contributed by atoms with Crippen molar-refractivity contribution >= 4 is 0 Å². The van der Waals surface area contributed by atoms with Crippen molar-refractivity contribution in [1.82, 2.24) is 10.2 Å². The van der Waals surface area contributed by atoms with E-state index in [-0.39, 0.29) is 5.54 Å². The minimum absolute atomic E-state index is 0.240. The predicted molar refractivity (Wildman–Crippen MR) is 41.2 cm³/mol. The summed E-state index contributed by atoms with van der Waals surface area (Å²) in [6.45, 7) is 2.76. The van der Waals surface area contributed by atoms with Crippen molar-refractivity contribution in [2.75, 3.05) is 40.9 Å². The maximum atomic E-state index is 5.14. The van der Waals surface area contributed by atoms with Crippen molar-refractivity contribution < 1.29 is 4.74 Å². The first-order valence-corrected chi connectivity index (χ1v) is 3.60. The molecule has 60 valence electrons. The van der Waals surface area contributed by atoms with Crippen LogP contribution in [0.1, 0.15) is 0 Å². The lowest BCUT2D eigenvalue weighted by atomic mass is 9.97. The molecule has 3 heteroatoms. The van der Waals surface area contributed by atoms with Gasteiger partial charge in [0, 0.05) is 6.54 Å². The minimum Gasteiger partial charge on any atom is -0.377 e. The Balaban J connectivity index is 2.33. The normalized spacial score (nSPS) is 22.8. The van der Waals surface area contributed by atoms with E-state index in [1.54, 1.807) is 0 Å². The summed E-state index contributed by atoms with van der Waals surface area (Å²) in [5, 5.41) is 3.28. The van der Waals surface area contributed by atoms with Crippen molar-refractivity contribution in [3.8, 4) is 0 Å². The Kier molecular flexibility index (Phi) is 2.28. The van der Waals surface area contributed by atoms with Gasteiger partial charge in [0.1, 0.15) is 0 Å². The molecule has 0 unspecified atom stereocenters. The van der Waals surface area contributed by atoms with Crippen LogP contribution in [-0.4, -0.2) is 51.3 Å². The summed E-state index contributed by atoms with van der Waals surface area (Å²) in [6.07, 6.45) is 0. The number of ether oxygens (including phenoxy) is 1. The molecule has 1 aliphatic rings. The molecule has 0 spiro atoms. The van der Waals surface area contributed by atoms with Crippen LogP contribution in [0.25, 0.3) is 0 Å². The summed E-state index contributed by atoms with van der Waals surface area (Å²) in [5.41, 5.74) is 0.240. The van der Waals surface area contributed by atoms with Crippen LogP contribution in [0.4, 0.5) is 0 Å². The summed E-state index contributed by atoms with van der Waals surface area (Å²) < 4.78 is 5.14. The fourth-order valence-corrected chi connectivity index (χ4v) is 1.27. The molecule has 0 saturated carbocycles. The van der Waals surface area contributed by atoms with Gasteiger partial charge in [0.15, 0.2) is 0 Å². The van der Waals surface area contributed by atoms with E-state index in [1.165, 1.54) is 0 Å². The number of likely N-dealkylation sites (N-methyl/N-ethyl adjacent to an activating group) is 2. The molecule has 0 radical (unpaired) electrons. The van der Waals surface area contributed by atoms with Gasteiger partial charge in [-0.25, -0.2) is 0 Å². The molecular weight excluding hydrogens is 128 g/mol. The molecule has 0 amide bonds. The van der Waals surface area contributed by atoms with Crippen LogP contribution in [0, 0.1) is 0 Å². The van der Waals surface area contributed by atoms with Crippen molar-refractivity contribution in [3.63, 3.8) is 0 Å². The fourth-order valence-electron chi connectivity index (χ4n) is 1.27. The van der Waals surface area contributed by atoms with Crippen LogP contribution in [0.3, 0.4) is 0 Å². The van der Waals surface area contributed by atoms with E-state index in [9.17, 15) is 0 Å². The first-order chi connectivity index (χ1) is 4.68. The van der Waals surface area contributed by atoms with E-state index >= 15 is 0 Å². The minimum atomic E-state index is 0.240. The van der Waals surface area contributed by atoms with Gasteiger partial charge in [0.2, 0.25) is 0 Å². The lowest BCUT2D eigenvalue weighted by Crippen LogP contribution is -2.64. The summed E-state index contributed by atoms with van der Waals surface area (Å²) in [4.78, 5) is 2.18. The fraction of sp³-hybridized carbons (Fsp3) is 1.00. The third-order valence-corrected chi connectivity index (χ3v) is 1.91. The number of nitrogens with one attached hydrogen (secondary N) is 1. The highest BCUT2D eigenvalue weighted by Gasteiger charge is 2.36. The van der Waals surface area contributed by atoms with Crippen LogP contribution in [-0.2, 0) is 4.74 Å². The van der Waals surface area contributed by atoms with E-state index in [0.717, 1.165) is 19.8 Å². The molecule has 0 atom stereocenters. The molecule has 0 aliphatic carbocycles. The molecule has 1 N–H and O–H groups in total. The van der Waals surface area contributed by atoms with Gasteiger partial charge in [-0.2, -0.15) is 0 Å². The van der Waals surface area contributed by atoms with Gasteiger partial charge in [-0.15, -0.1) is 0 Å². The largest absolute Gasteiger partial charge is 0.377 e. The molecule has 0 bridgehead atoms. The van der Waals surface area contributed by atoms with Crippen LogP contribution in [0.2, 0.25) is 0 Å². The summed E-state index contributed by atoms with van der Waals surface area (Å²) in [6, 6.07) is 0. The van der Waals surface area contributed by atoms with Gasteiger partial charge in [-0.1, -0.05) is 0 Å². The standard InChI is InChI=1S/C7H16N2O/c1-8-7(4-9(2)3)5-10-6-7/h8H,4-6H2,1-3H3. The SMILES string of the molecule is CNC1(CN(C)C)COC1. The molecule has 1 saturated heterocycles. The smallest absolute Gasteiger partial charge is 0.0779 e. The van der Waals surface area contributed by atoms with E-state index in [2.05, 4.69) is 24.3 Å². The molecule has 10 heavy (non-hydrogen) atoms. The zero-order valence-corrected chi connectivity index (χ0v) is 6.98. The van der Waals surface area contributed by atoms with Gasteiger partial charge in [-0.05, 0) is 21.1 Å². The Morgan fingerprint density at radius 3 is 2.20 bits per heavy atom. The molecule has 1 aliphatic heterocycles. The van der Waals surface area contributed by atoms with Crippen molar-refractivity contribution in [3.05, 3.63) is 0 Å². The van der Waals surface area contributed by atoms with Gasteiger partial charge >= 0.3 is 0 Å². The third kappa shape index (κ3) is 1.48. The zero-order chi connectivity index (χ0) is 7.61. The molecule has 3 nitrogen and oxygen atoms in total. The molecule has 0 aromatic rings. The number of hydrogen-bond donors (Lipinski definition) is 1. The molecule has 0 aromatic heterocycles. The Bertz CT molecular complexity index is 105. The quantitative estimate of drug-likeness (QED) is 0.580. The van der Waals surface area contributed by atoms with Crippen LogP contribution >= 0.6 is 0 Å². The Morgan fingerprint density at radius 1 is 1.50 bits per heavy atom. The molecular formula is C7H16N2O. The van der Waals surface area contributed by atoms with Gasteiger partial charge in [0.05, 0.1) is 18.8 Å². The average Bonchev–Trinajstić information content (AvgIpc) is 1.78. The Morgan fingerprint density at radius 2 is 2.10 bits per heavy atom. The lowest BCUT2D eigenvalue weighted by molar-refractivity contribution is -0.0798. The average molecular weight is 144 g/mol. The first kappa shape index (κ1) is 7.98. The predicted octanol–water partition coefficient (Wildman–Crippen LogP) is -0.464. The monoisotopic (exact) mass is 144 g/mol. The van der Waals surface area contributed by atoms with Gasteiger partial charge in [-0.3, -0.25) is 0 Å². The van der Waals surface area contributed by atoms with Crippen molar-refractivity contribution in [1.29, 1.82) is 0 Å². The molecule has 1 heterocycles. The van der Waals surface area contributed by atoms with E-state index in [4.69, 9.17) is 4.74 Å². The Hall–Kier alpha value is -0.120. The topological polar surface area (TPSA) is 24.5 Å². The van der Waals surface area contributed by atoms with E-state index < -0.39 is 0 Å². The van der Waals surface area contributed by atoms with E-state index in [1.807, 2.05) is 7.05 Å². The zero-order valence-electron chi connectivity index (χ0n) is 6.98. The second-order valence-corrected chi connectivity index (χ2v) is 3.26. The van der Waals surface area contributed by atoms with Crippen LogP contribution < -0.4 is 5.32 Å². The highest BCUT2D eigenvalue weighted by Crippen LogP contribution is 2.16. The maximum absolute atomic E-state index is 5.14. The third-order valence-electron chi connectivity index (χ3n) is 1.91. The van der Waals surface area contributed by atoms with Gasteiger partial charge < -0.3 is 15.0 Å². The van der Waals surface area contributed by atoms with Crippen LogP contribution in [0.5, 0.6) is 0 Å². The first-order valence-electron chi connectivity index (χ1n) is 3.60. The van der Waals surface area contributed by atoms with Crippen LogP contribution in [0.15, 0.2) is 0 Å². The number of nitrogens with zero attached hydrogens (tertiary/aromatic N) is 1. The van der Waals surface area contributed by atoms with Gasteiger partial charge in [0.25, 0.3) is 0 Å². The summed E-state index contributed by atoms with van der Waals surface area (Å²) in [7, 11) is 6.15. The van der Waals surface area contributed by atoms with E-state index in [0.29, 0.717) is 0 Å². The van der Waals surface area contributed by atoms with Crippen molar-refractivity contribution in [2.45, 2.75) is 5.54 Å². The summed E-state index contributed by atoms with van der Waals surface area (Å²) >= 11 is 0. The molecule has 1 fully saturated rings. The Labute approximate surface area is 62.3 Å². The summed E-state index contributed by atoms with van der Waals surface area (Å²) in [5.74, 6) is 0. The second kappa shape index (κ2) is 2.86. The highest BCUT2D eigenvalue weighted by molar-refractivity contribution is 4.94. The maximum Gasteiger partial charge on any atom is 0.0779 e. The highest BCUT2D eigenvalue weighted by atomic mass is 16.5. The number of rotatable bonds is 3. The lowest BCUT2D eigenvalue weighted by Gasteiger charge is -2.42. The van der Waals surface area contributed by atoms with Crippen molar-refractivity contribution in [2.24, 2.45) is 0 Å². The second-order valence-electron chi connectivity index (χ2n) is 3.26. The molecule has 1 rings (SSSR count).